The van der Waals surface area contributed by atoms with Crippen molar-refractivity contribution in [1.29, 1.82) is 0 Å². The lowest BCUT2D eigenvalue weighted by Gasteiger charge is -2.23. The van der Waals surface area contributed by atoms with Crippen molar-refractivity contribution in [2.24, 2.45) is 0 Å². The third-order valence-corrected chi connectivity index (χ3v) is 8.52. The summed E-state index contributed by atoms with van der Waals surface area (Å²) in [6.45, 7) is 1.92. The minimum Gasteiger partial charge on any atom is -0.493 e. The summed E-state index contributed by atoms with van der Waals surface area (Å²) in [5.41, 5.74) is 6.79. The van der Waals surface area contributed by atoms with Gasteiger partial charge in [0.05, 0.1) is 36.0 Å². The molecule has 0 aromatic heterocycles. The van der Waals surface area contributed by atoms with Gasteiger partial charge in [-0.15, -0.1) is 0 Å². The molecule has 0 saturated carbocycles. The number of hydrogen-bond donors (Lipinski definition) is 1. The lowest BCUT2D eigenvalue weighted by Crippen LogP contribution is -2.27. The van der Waals surface area contributed by atoms with Gasteiger partial charge in [0.2, 0.25) is 0 Å². The fourth-order valence-electron chi connectivity index (χ4n) is 5.13. The Balaban J connectivity index is 1.66. The van der Waals surface area contributed by atoms with Gasteiger partial charge in [-0.05, 0) is 48.4 Å². The Morgan fingerprint density at radius 3 is 2.27 bits per heavy atom. The van der Waals surface area contributed by atoms with E-state index in [0.717, 1.165) is 50.1 Å². The van der Waals surface area contributed by atoms with E-state index >= 15 is 0 Å². The van der Waals surface area contributed by atoms with Crippen LogP contribution in [0.15, 0.2) is 108 Å². The fraction of sp³-hybridized carbons (Fsp3) is 0.121. The van der Waals surface area contributed by atoms with E-state index in [-0.39, 0.29) is 4.90 Å². The largest absolute Gasteiger partial charge is 0.493 e. The first-order valence-corrected chi connectivity index (χ1v) is 14.6. The molecule has 0 unspecified atom stereocenters. The summed E-state index contributed by atoms with van der Waals surface area (Å²) >= 11 is 0. The van der Waals surface area contributed by atoms with Crippen LogP contribution in [0, 0.1) is 6.92 Å². The minimum absolute atomic E-state index is 0.180. The summed E-state index contributed by atoms with van der Waals surface area (Å²) in [6.07, 6.45) is 2.28. The number of nitrogens with one attached hydrogen (secondary N) is 1. The van der Waals surface area contributed by atoms with Gasteiger partial charge in [-0.25, -0.2) is 9.82 Å². The predicted molar refractivity (Wildman–Crippen MR) is 162 cm³/mol. The number of methoxy groups -OCH3 is 2. The highest BCUT2D eigenvalue weighted by Crippen LogP contribution is 2.43. The number of benzene rings is 4. The zero-order chi connectivity index (χ0) is 28.6. The van der Waals surface area contributed by atoms with Crippen LogP contribution in [0.25, 0.3) is 33.3 Å². The van der Waals surface area contributed by atoms with E-state index in [2.05, 4.69) is 4.83 Å². The monoisotopic (exact) mass is 563 g/mol. The Hall–Kier alpha value is -4.82. The van der Waals surface area contributed by atoms with Crippen LogP contribution >= 0.6 is 0 Å². The predicted octanol–water partition coefficient (Wildman–Crippen LogP) is 6.66. The van der Waals surface area contributed by atoms with E-state index in [4.69, 9.17) is 14.5 Å². The Labute approximate surface area is 239 Å². The summed E-state index contributed by atoms with van der Waals surface area (Å²) in [5.74, 6) is 1.16. The summed E-state index contributed by atoms with van der Waals surface area (Å²) < 4.78 is 40.2. The second-order valence-electron chi connectivity index (χ2n) is 9.85. The van der Waals surface area contributed by atoms with E-state index in [1.165, 1.54) is 0 Å². The summed E-state index contributed by atoms with van der Waals surface area (Å²) in [4.78, 5) is 8.07. The van der Waals surface area contributed by atoms with E-state index in [0.29, 0.717) is 17.9 Å². The summed E-state index contributed by atoms with van der Waals surface area (Å²) in [7, 11) is -0.734. The van der Waals surface area contributed by atoms with Gasteiger partial charge in [-0.1, -0.05) is 72.3 Å². The Kier molecular flexibility index (Phi) is 6.85. The van der Waals surface area contributed by atoms with Crippen LogP contribution in [0.5, 0.6) is 11.5 Å². The lowest BCUT2D eigenvalue weighted by molar-refractivity contribution is 0.355. The zero-order valence-corrected chi connectivity index (χ0v) is 23.8. The number of nitrogens with zero attached hydrogens (tertiary/aromatic N) is 2. The quantitative estimate of drug-likeness (QED) is 0.224. The van der Waals surface area contributed by atoms with Gasteiger partial charge in [-0.2, -0.15) is 8.42 Å². The molecular formula is C33H29N3O4S. The number of sulfonamides is 1. The third-order valence-electron chi connectivity index (χ3n) is 7.19. The molecule has 6 rings (SSSR count). The molecule has 0 fully saturated rings. The van der Waals surface area contributed by atoms with Gasteiger partial charge in [0, 0.05) is 29.1 Å². The molecule has 206 valence electrons. The highest BCUT2D eigenvalue weighted by atomic mass is 32.2. The number of fused-ring (bicyclic) bond motifs is 3. The van der Waals surface area contributed by atoms with Crippen LogP contribution in [-0.4, -0.2) is 32.3 Å². The first kappa shape index (κ1) is 26.4. The molecule has 0 atom stereocenters. The molecule has 0 bridgehead atoms. The molecule has 8 heteroatoms. The number of para-hydroxylation sites is 1. The molecule has 7 nitrogen and oxygen atoms in total. The Bertz CT molecular complexity index is 1930. The molecule has 4 aromatic rings. The van der Waals surface area contributed by atoms with Crippen molar-refractivity contribution in [2.45, 2.75) is 18.2 Å². The Morgan fingerprint density at radius 2 is 1.54 bits per heavy atom. The molecule has 0 amide bonds. The number of pyridine rings is 1. The zero-order valence-electron chi connectivity index (χ0n) is 23.0. The molecule has 1 N–H and O–H groups in total. The smallest absolute Gasteiger partial charge is 0.275 e. The van der Waals surface area contributed by atoms with Crippen molar-refractivity contribution < 1.29 is 17.9 Å². The highest BCUT2D eigenvalue weighted by molar-refractivity contribution is 7.92. The molecule has 0 radical (unpaired) electrons. The van der Waals surface area contributed by atoms with Gasteiger partial charge in [-0.3, -0.25) is 4.68 Å². The second kappa shape index (κ2) is 10.6. The molecule has 2 aliphatic rings. The van der Waals surface area contributed by atoms with Crippen LogP contribution in [-0.2, 0) is 16.4 Å². The summed E-state index contributed by atoms with van der Waals surface area (Å²) in [5, 5.41) is 0.929. The standard InChI is InChI=1S/C33H29N3O4S/c1-22-13-16-25(17-14-22)41(37,38)35-36-21-27-26-11-7-8-12-28(26)34-33(27)32(29(36)19-23-9-5-4-6-10-23)24-15-18-30(39-2)31(20-24)40-3/h4-18,20-21,35H,19H2,1-3H3. The van der Waals surface area contributed by atoms with Crippen molar-refractivity contribution in [3.8, 4) is 33.9 Å². The number of hydrogen-bond acceptors (Lipinski definition) is 5. The van der Waals surface area contributed by atoms with E-state index < -0.39 is 10.0 Å². The van der Waals surface area contributed by atoms with Gasteiger partial charge < -0.3 is 9.47 Å². The van der Waals surface area contributed by atoms with Gasteiger partial charge in [0.25, 0.3) is 10.0 Å². The number of aromatic nitrogens is 2. The van der Waals surface area contributed by atoms with Crippen molar-refractivity contribution in [3.63, 3.8) is 0 Å². The van der Waals surface area contributed by atoms with Crippen molar-refractivity contribution in [3.05, 3.63) is 120 Å². The molecule has 0 aliphatic carbocycles. The molecule has 2 aliphatic heterocycles. The molecule has 0 saturated heterocycles. The van der Waals surface area contributed by atoms with Crippen LogP contribution in [0.4, 0.5) is 0 Å². The van der Waals surface area contributed by atoms with Crippen LogP contribution in [0.3, 0.4) is 0 Å². The minimum atomic E-state index is -3.92. The maximum atomic E-state index is 13.7. The number of aryl methyl sites for hydroxylation is 1. The number of rotatable bonds is 8. The SMILES string of the molecule is COc1ccc(-c2c3nc4ccccc4c-3cn(NS(=O)(=O)c3ccc(C)cc3)c2Cc2ccccc2)cc1OC. The van der Waals surface area contributed by atoms with Crippen LogP contribution in [0.1, 0.15) is 16.8 Å². The van der Waals surface area contributed by atoms with Crippen molar-refractivity contribution >= 4 is 20.9 Å². The van der Waals surface area contributed by atoms with E-state index in [1.807, 2.05) is 85.9 Å². The maximum absolute atomic E-state index is 13.7. The van der Waals surface area contributed by atoms with Gasteiger partial charge in [0.1, 0.15) is 0 Å². The lowest BCUT2D eigenvalue weighted by atomic mass is 9.94. The van der Waals surface area contributed by atoms with Gasteiger partial charge >= 0.3 is 0 Å². The average molecular weight is 564 g/mol. The maximum Gasteiger partial charge on any atom is 0.275 e. The second-order valence-corrected chi connectivity index (χ2v) is 11.5. The molecular weight excluding hydrogens is 534 g/mol. The highest BCUT2D eigenvalue weighted by Gasteiger charge is 2.26. The fourth-order valence-corrected chi connectivity index (χ4v) is 6.15. The van der Waals surface area contributed by atoms with Crippen LogP contribution < -0.4 is 14.3 Å². The number of ether oxygens (including phenoxy) is 2. The third kappa shape index (κ3) is 4.98. The van der Waals surface area contributed by atoms with E-state index in [1.54, 1.807) is 43.2 Å². The molecule has 2 heterocycles. The van der Waals surface area contributed by atoms with Crippen LogP contribution in [0.2, 0.25) is 0 Å². The molecule has 0 spiro atoms. The Morgan fingerprint density at radius 1 is 0.829 bits per heavy atom. The normalized spacial score (nSPS) is 11.6. The first-order valence-electron chi connectivity index (χ1n) is 13.2. The molecule has 41 heavy (non-hydrogen) atoms. The van der Waals surface area contributed by atoms with Gasteiger partial charge in [0.15, 0.2) is 11.5 Å². The van der Waals surface area contributed by atoms with E-state index in [9.17, 15) is 8.42 Å². The summed E-state index contributed by atoms with van der Waals surface area (Å²) in [6, 6.07) is 30.3. The topological polar surface area (TPSA) is 82.5 Å². The van der Waals surface area contributed by atoms with Crippen molar-refractivity contribution in [2.75, 3.05) is 19.1 Å². The molecule has 4 aromatic carbocycles. The average Bonchev–Trinajstić information content (AvgIpc) is 3.35. The van der Waals surface area contributed by atoms with Crippen molar-refractivity contribution in [1.82, 2.24) is 9.66 Å². The first-order chi connectivity index (χ1) is 19.9.